The molecule has 0 aromatic heterocycles. The molecule has 1 unspecified atom stereocenters. The second-order valence-electron chi connectivity index (χ2n) is 6.97. The summed E-state index contributed by atoms with van der Waals surface area (Å²) in [6.45, 7) is 7.96. The van der Waals surface area contributed by atoms with Crippen LogP contribution in [0.2, 0.25) is 0 Å². The van der Waals surface area contributed by atoms with Gasteiger partial charge >= 0.3 is 5.97 Å². The van der Waals surface area contributed by atoms with Gasteiger partial charge in [0.05, 0.1) is 5.56 Å². The molecule has 0 aliphatic carbocycles. The lowest BCUT2D eigenvalue weighted by Crippen LogP contribution is -2.09. The number of esters is 1. The SMILES string of the molecule is Cc1ccc(C(=O)Oc2ccc(OC(O)c3ccc(C)c(C)c3)cc2)cc1C. The summed E-state index contributed by atoms with van der Waals surface area (Å²) < 4.78 is 11.0. The van der Waals surface area contributed by atoms with Crippen molar-refractivity contribution in [2.24, 2.45) is 0 Å². The Morgan fingerprint density at radius 2 is 1.32 bits per heavy atom. The first-order chi connectivity index (χ1) is 13.3. The number of ether oxygens (including phenoxy) is 2. The molecule has 1 atom stereocenters. The topological polar surface area (TPSA) is 55.8 Å². The lowest BCUT2D eigenvalue weighted by Gasteiger charge is -2.15. The molecule has 144 valence electrons. The van der Waals surface area contributed by atoms with E-state index in [0.29, 0.717) is 22.6 Å². The van der Waals surface area contributed by atoms with Crippen LogP contribution in [0.15, 0.2) is 60.7 Å². The number of benzene rings is 3. The molecule has 0 saturated carbocycles. The molecule has 0 spiro atoms. The molecule has 3 aromatic rings. The molecule has 3 aromatic carbocycles. The predicted molar refractivity (Wildman–Crippen MR) is 109 cm³/mol. The maximum atomic E-state index is 12.3. The molecule has 0 fully saturated rings. The molecular formula is C24H24O4. The molecule has 28 heavy (non-hydrogen) atoms. The van der Waals surface area contributed by atoms with Crippen molar-refractivity contribution in [3.63, 3.8) is 0 Å². The summed E-state index contributed by atoms with van der Waals surface area (Å²) in [6, 6.07) is 17.8. The first-order valence-corrected chi connectivity index (χ1v) is 9.15. The Morgan fingerprint density at radius 1 is 0.750 bits per heavy atom. The summed E-state index contributed by atoms with van der Waals surface area (Å²) in [7, 11) is 0. The van der Waals surface area contributed by atoms with Crippen LogP contribution in [0, 0.1) is 27.7 Å². The molecule has 3 rings (SSSR count). The Bertz CT molecular complexity index is 990. The zero-order chi connectivity index (χ0) is 20.3. The summed E-state index contributed by atoms with van der Waals surface area (Å²) in [6.07, 6.45) is -1.07. The van der Waals surface area contributed by atoms with Gasteiger partial charge in [0.1, 0.15) is 11.5 Å². The van der Waals surface area contributed by atoms with Crippen LogP contribution < -0.4 is 9.47 Å². The Kier molecular flexibility index (Phi) is 5.81. The van der Waals surface area contributed by atoms with Gasteiger partial charge in [0.15, 0.2) is 0 Å². The third-order valence-electron chi connectivity index (χ3n) is 4.84. The molecule has 0 bridgehead atoms. The lowest BCUT2D eigenvalue weighted by atomic mass is 10.1. The Labute approximate surface area is 165 Å². The number of carbonyl (C=O) groups is 1. The first-order valence-electron chi connectivity index (χ1n) is 9.15. The van der Waals surface area contributed by atoms with Gasteiger partial charge in [-0.05, 0) is 92.4 Å². The van der Waals surface area contributed by atoms with Crippen molar-refractivity contribution >= 4 is 5.97 Å². The molecule has 4 nitrogen and oxygen atoms in total. The first kappa shape index (κ1) is 19.6. The fourth-order valence-electron chi connectivity index (χ4n) is 2.74. The predicted octanol–water partition coefficient (Wildman–Crippen LogP) is 5.21. The second-order valence-corrected chi connectivity index (χ2v) is 6.97. The van der Waals surface area contributed by atoms with Crippen molar-refractivity contribution in [3.05, 3.63) is 94.0 Å². The van der Waals surface area contributed by atoms with E-state index in [4.69, 9.17) is 9.47 Å². The molecule has 0 saturated heterocycles. The summed E-state index contributed by atoms with van der Waals surface area (Å²) >= 11 is 0. The Morgan fingerprint density at radius 3 is 1.93 bits per heavy atom. The maximum Gasteiger partial charge on any atom is 0.343 e. The highest BCUT2D eigenvalue weighted by Gasteiger charge is 2.12. The highest BCUT2D eigenvalue weighted by Crippen LogP contribution is 2.24. The van der Waals surface area contributed by atoms with E-state index in [1.807, 2.05) is 58.0 Å². The van der Waals surface area contributed by atoms with Crippen molar-refractivity contribution in [1.82, 2.24) is 0 Å². The monoisotopic (exact) mass is 376 g/mol. The third kappa shape index (κ3) is 4.59. The van der Waals surface area contributed by atoms with Crippen LogP contribution in [0.1, 0.15) is 44.5 Å². The van der Waals surface area contributed by atoms with Crippen LogP contribution in [-0.2, 0) is 0 Å². The lowest BCUT2D eigenvalue weighted by molar-refractivity contribution is -0.0195. The van der Waals surface area contributed by atoms with Gasteiger partial charge in [-0.15, -0.1) is 0 Å². The number of aliphatic hydroxyl groups excluding tert-OH is 1. The minimum atomic E-state index is -1.07. The smallest absolute Gasteiger partial charge is 0.343 e. The standard InChI is InChI=1S/C24H24O4/c1-15-5-7-19(13-17(15)3)23(25)27-21-9-11-22(12-10-21)28-24(26)20-8-6-16(2)18(4)14-20/h5-14,23,25H,1-4H3. The maximum absolute atomic E-state index is 12.3. The van der Waals surface area contributed by atoms with Crippen LogP contribution >= 0.6 is 0 Å². The van der Waals surface area contributed by atoms with Gasteiger partial charge in [-0.2, -0.15) is 0 Å². The van der Waals surface area contributed by atoms with E-state index in [-0.39, 0.29) is 0 Å². The van der Waals surface area contributed by atoms with Crippen molar-refractivity contribution in [2.45, 2.75) is 34.0 Å². The number of aryl methyl sites for hydroxylation is 4. The third-order valence-corrected chi connectivity index (χ3v) is 4.84. The average molecular weight is 376 g/mol. The van der Waals surface area contributed by atoms with E-state index in [1.54, 1.807) is 30.3 Å². The fraction of sp³-hybridized carbons (Fsp3) is 0.208. The van der Waals surface area contributed by atoms with E-state index in [9.17, 15) is 9.90 Å². The number of aliphatic hydroxyl groups is 1. The van der Waals surface area contributed by atoms with E-state index < -0.39 is 12.3 Å². The van der Waals surface area contributed by atoms with E-state index >= 15 is 0 Å². The fourth-order valence-corrected chi connectivity index (χ4v) is 2.74. The number of hydrogen-bond donors (Lipinski definition) is 1. The molecule has 0 amide bonds. The molecule has 4 heteroatoms. The summed E-state index contributed by atoms with van der Waals surface area (Å²) in [5.41, 5.74) is 5.61. The number of carbonyl (C=O) groups excluding carboxylic acids is 1. The summed E-state index contributed by atoms with van der Waals surface area (Å²) in [4.78, 5) is 12.3. The summed E-state index contributed by atoms with van der Waals surface area (Å²) in [5.74, 6) is 0.486. The van der Waals surface area contributed by atoms with Crippen LogP contribution in [0.4, 0.5) is 0 Å². The van der Waals surface area contributed by atoms with Crippen LogP contribution in [0.5, 0.6) is 11.5 Å². The van der Waals surface area contributed by atoms with Crippen molar-refractivity contribution in [1.29, 1.82) is 0 Å². The van der Waals surface area contributed by atoms with Gasteiger partial charge in [-0.1, -0.05) is 18.2 Å². The quantitative estimate of drug-likeness (QED) is 0.377. The molecule has 0 radical (unpaired) electrons. The molecular weight excluding hydrogens is 352 g/mol. The zero-order valence-electron chi connectivity index (χ0n) is 16.5. The van der Waals surface area contributed by atoms with Gasteiger partial charge < -0.3 is 14.6 Å². The largest absolute Gasteiger partial charge is 0.461 e. The van der Waals surface area contributed by atoms with E-state index in [1.165, 1.54) is 0 Å². The highest BCUT2D eigenvalue weighted by atomic mass is 16.6. The molecule has 0 heterocycles. The van der Waals surface area contributed by atoms with Crippen LogP contribution in [0.25, 0.3) is 0 Å². The van der Waals surface area contributed by atoms with Gasteiger partial charge in [0.25, 0.3) is 0 Å². The minimum absolute atomic E-state index is 0.410. The minimum Gasteiger partial charge on any atom is -0.461 e. The van der Waals surface area contributed by atoms with Crippen molar-refractivity contribution in [2.75, 3.05) is 0 Å². The van der Waals surface area contributed by atoms with E-state index in [0.717, 1.165) is 22.3 Å². The van der Waals surface area contributed by atoms with E-state index in [2.05, 4.69) is 0 Å². The second kappa shape index (κ2) is 8.28. The van der Waals surface area contributed by atoms with Gasteiger partial charge in [0, 0.05) is 5.56 Å². The normalized spacial score (nSPS) is 11.8. The van der Waals surface area contributed by atoms with Crippen molar-refractivity contribution in [3.8, 4) is 11.5 Å². The summed E-state index contributed by atoms with van der Waals surface area (Å²) in [5, 5.41) is 10.3. The molecule has 0 aliphatic rings. The van der Waals surface area contributed by atoms with Gasteiger partial charge in [-0.3, -0.25) is 0 Å². The van der Waals surface area contributed by atoms with Gasteiger partial charge in [0.2, 0.25) is 6.29 Å². The van der Waals surface area contributed by atoms with Crippen LogP contribution in [0.3, 0.4) is 0 Å². The molecule has 1 N–H and O–H groups in total. The van der Waals surface area contributed by atoms with Crippen LogP contribution in [-0.4, -0.2) is 11.1 Å². The van der Waals surface area contributed by atoms with Gasteiger partial charge in [-0.25, -0.2) is 4.79 Å². The Balaban J connectivity index is 1.65. The Hall–Kier alpha value is -3.11. The van der Waals surface area contributed by atoms with Crippen molar-refractivity contribution < 1.29 is 19.4 Å². The number of hydrogen-bond acceptors (Lipinski definition) is 4. The zero-order valence-corrected chi connectivity index (χ0v) is 16.5. The highest BCUT2D eigenvalue weighted by molar-refractivity contribution is 5.91. The number of rotatable bonds is 5. The molecule has 0 aliphatic heterocycles. The average Bonchev–Trinajstić information content (AvgIpc) is 2.67.